The zero-order chi connectivity index (χ0) is 28.1. The van der Waals surface area contributed by atoms with Gasteiger partial charge in [0.05, 0.1) is 35.1 Å². The van der Waals surface area contributed by atoms with Gasteiger partial charge in [0.25, 0.3) is 0 Å². The maximum absolute atomic E-state index is 14.1. The predicted molar refractivity (Wildman–Crippen MR) is 149 cm³/mol. The number of sulfonamides is 1. The molecule has 5 aromatic rings. The minimum Gasteiger partial charge on any atom is -0.454 e. The number of fused-ring (bicyclic) bond motifs is 1. The second kappa shape index (κ2) is 9.59. The van der Waals surface area contributed by atoms with Gasteiger partial charge in [0.1, 0.15) is 11.6 Å². The molecule has 0 unspecified atom stereocenters. The van der Waals surface area contributed by atoms with E-state index in [4.69, 9.17) is 10.5 Å². The average Bonchev–Trinajstić information content (AvgIpc) is 3.45. The Kier molecular flexibility index (Phi) is 6.39. The summed E-state index contributed by atoms with van der Waals surface area (Å²) in [5, 5.41) is 5.11. The van der Waals surface area contributed by atoms with E-state index in [9.17, 15) is 17.6 Å². The number of carbonyl (C=O) groups excluding carboxylic acids is 1. The molecule has 0 bridgehead atoms. The van der Waals surface area contributed by atoms with Crippen LogP contribution in [0.1, 0.15) is 32.7 Å². The number of anilines is 2. The number of halogens is 1. The Morgan fingerprint density at radius 3 is 2.51 bits per heavy atom. The summed E-state index contributed by atoms with van der Waals surface area (Å²) in [5.74, 6) is -0.0692. The van der Waals surface area contributed by atoms with Gasteiger partial charge in [-0.05, 0) is 79.9 Å². The van der Waals surface area contributed by atoms with Crippen molar-refractivity contribution in [3.05, 3.63) is 94.6 Å². The van der Waals surface area contributed by atoms with Gasteiger partial charge < -0.3 is 15.5 Å². The van der Waals surface area contributed by atoms with Crippen LogP contribution in [0.4, 0.5) is 15.9 Å². The van der Waals surface area contributed by atoms with Crippen molar-refractivity contribution >= 4 is 38.2 Å². The minimum atomic E-state index is -3.46. The summed E-state index contributed by atoms with van der Waals surface area (Å²) < 4.78 is 47.2. The number of para-hydroxylation sites is 1. The van der Waals surface area contributed by atoms with Gasteiger partial charge in [0, 0.05) is 10.9 Å². The molecule has 11 heteroatoms. The Balaban J connectivity index is 1.46. The number of ketones is 1. The molecule has 0 spiro atoms. The number of nitrogens with one attached hydrogen (secondary N) is 2. The number of hydrogen-bond acceptors (Lipinski definition) is 6. The fraction of sp³-hybridized carbons (Fsp3) is 0.143. The van der Waals surface area contributed by atoms with Gasteiger partial charge in [0.2, 0.25) is 15.8 Å². The van der Waals surface area contributed by atoms with Crippen molar-refractivity contribution in [3.8, 4) is 17.2 Å². The summed E-state index contributed by atoms with van der Waals surface area (Å²) >= 11 is 0. The number of hydrogen-bond donors (Lipinski definition) is 3. The number of rotatable bonds is 7. The summed E-state index contributed by atoms with van der Waals surface area (Å²) in [7, 11) is -3.46. The molecule has 0 saturated heterocycles. The van der Waals surface area contributed by atoms with Crippen LogP contribution in [0.5, 0.6) is 11.5 Å². The highest BCUT2D eigenvalue weighted by molar-refractivity contribution is 7.92. The molecule has 4 N–H and O–H groups in total. The summed E-state index contributed by atoms with van der Waals surface area (Å²) in [6, 6.07) is 14.7. The highest BCUT2D eigenvalue weighted by atomic mass is 32.2. The number of aryl methyl sites for hydroxylation is 1. The van der Waals surface area contributed by atoms with Crippen molar-refractivity contribution in [2.45, 2.75) is 20.8 Å². The molecule has 0 radical (unpaired) electrons. The zero-order valence-electron chi connectivity index (χ0n) is 21.7. The molecule has 0 saturated carbocycles. The van der Waals surface area contributed by atoms with E-state index in [1.807, 2.05) is 13.8 Å². The van der Waals surface area contributed by atoms with Crippen LogP contribution >= 0.6 is 0 Å². The first kappa shape index (κ1) is 26.0. The molecule has 0 aliphatic heterocycles. The lowest BCUT2D eigenvalue weighted by atomic mass is 10.1. The molecule has 39 heavy (non-hydrogen) atoms. The molecule has 0 aliphatic rings. The number of ether oxygens (including phenoxy) is 1. The maximum atomic E-state index is 14.1. The molecule has 0 aliphatic carbocycles. The monoisotopic (exact) mass is 547 g/mol. The summed E-state index contributed by atoms with van der Waals surface area (Å²) in [5.41, 5.74) is 10.8. The second-order valence-corrected chi connectivity index (χ2v) is 11.1. The number of nitrogens with two attached hydrogens (primary N) is 1. The first-order valence-corrected chi connectivity index (χ1v) is 13.8. The molecule has 200 valence electrons. The number of nitrogen functional groups attached to an aromatic ring is 1. The van der Waals surface area contributed by atoms with Gasteiger partial charge in [-0.25, -0.2) is 17.5 Å². The van der Waals surface area contributed by atoms with Gasteiger partial charge in [-0.1, -0.05) is 12.1 Å². The van der Waals surface area contributed by atoms with Crippen LogP contribution in [0.15, 0.2) is 60.8 Å². The van der Waals surface area contributed by atoms with Gasteiger partial charge in [-0.2, -0.15) is 5.10 Å². The number of aromatic amines is 1. The summed E-state index contributed by atoms with van der Waals surface area (Å²) in [6.07, 6.45) is 2.48. The molecule has 2 heterocycles. The summed E-state index contributed by atoms with van der Waals surface area (Å²) in [4.78, 5) is 16.4. The van der Waals surface area contributed by atoms with Gasteiger partial charge in [-0.15, -0.1) is 0 Å². The van der Waals surface area contributed by atoms with Crippen molar-refractivity contribution in [2.24, 2.45) is 0 Å². The fourth-order valence-electron chi connectivity index (χ4n) is 4.36. The SMILES string of the molecule is Cc1cc2cc(C(=O)c3cnn(-c4ccc(Oc5ccccc5F)c(C)c4C)c3N)[nH]c2cc1NS(C)(=O)=O. The predicted octanol–water partition coefficient (Wildman–Crippen LogP) is 5.39. The van der Waals surface area contributed by atoms with E-state index in [1.54, 1.807) is 55.5 Å². The molecule has 0 fully saturated rings. The Morgan fingerprint density at radius 1 is 1.05 bits per heavy atom. The molecule has 2 aromatic heterocycles. The maximum Gasteiger partial charge on any atom is 0.229 e. The quantitative estimate of drug-likeness (QED) is 0.234. The van der Waals surface area contributed by atoms with Gasteiger partial charge in [-0.3, -0.25) is 9.52 Å². The Morgan fingerprint density at radius 2 is 1.79 bits per heavy atom. The van der Waals surface area contributed by atoms with Crippen LogP contribution in [-0.2, 0) is 10.0 Å². The van der Waals surface area contributed by atoms with Crippen LogP contribution in [0.3, 0.4) is 0 Å². The van der Waals surface area contributed by atoms with Crippen molar-refractivity contribution in [3.63, 3.8) is 0 Å². The molecule has 3 aromatic carbocycles. The smallest absolute Gasteiger partial charge is 0.229 e. The van der Waals surface area contributed by atoms with Crippen molar-refractivity contribution in [1.82, 2.24) is 14.8 Å². The van der Waals surface area contributed by atoms with Crippen LogP contribution in [-0.4, -0.2) is 35.2 Å². The topological polar surface area (TPSA) is 132 Å². The molecule has 0 atom stereocenters. The van der Waals surface area contributed by atoms with E-state index in [1.165, 1.54) is 16.9 Å². The second-order valence-electron chi connectivity index (χ2n) is 9.36. The number of benzene rings is 3. The molecular weight excluding hydrogens is 521 g/mol. The lowest BCUT2D eigenvalue weighted by Crippen LogP contribution is -2.10. The Hall–Kier alpha value is -4.64. The third kappa shape index (κ3) is 4.96. The number of nitrogens with zero attached hydrogens (tertiary/aromatic N) is 2. The van der Waals surface area contributed by atoms with Crippen LogP contribution in [0, 0.1) is 26.6 Å². The Bertz CT molecular complexity index is 1870. The highest BCUT2D eigenvalue weighted by Gasteiger charge is 2.22. The molecule has 5 rings (SSSR count). The average molecular weight is 548 g/mol. The molecule has 0 amide bonds. The van der Waals surface area contributed by atoms with Crippen molar-refractivity contribution < 1.29 is 22.3 Å². The van der Waals surface area contributed by atoms with E-state index in [2.05, 4.69) is 14.8 Å². The van der Waals surface area contributed by atoms with Crippen molar-refractivity contribution in [2.75, 3.05) is 16.7 Å². The largest absolute Gasteiger partial charge is 0.454 e. The number of carbonyl (C=O) groups is 1. The van der Waals surface area contributed by atoms with Crippen molar-refractivity contribution in [1.29, 1.82) is 0 Å². The lowest BCUT2D eigenvalue weighted by molar-refractivity contribution is 0.103. The first-order valence-electron chi connectivity index (χ1n) is 11.9. The lowest BCUT2D eigenvalue weighted by Gasteiger charge is -2.15. The van der Waals surface area contributed by atoms with E-state index >= 15 is 0 Å². The zero-order valence-corrected chi connectivity index (χ0v) is 22.5. The van der Waals surface area contributed by atoms with E-state index in [-0.39, 0.29) is 28.6 Å². The van der Waals surface area contributed by atoms with Crippen LogP contribution in [0.25, 0.3) is 16.6 Å². The van der Waals surface area contributed by atoms with E-state index < -0.39 is 15.8 Å². The standard InChI is InChI=1S/C28H26FN5O4S/c1-15-11-18-12-23(32-22(18)13-21(15)33-39(4,36)37)27(35)19-14-31-34(28(19)30)24-9-10-25(17(3)16(24)2)38-26-8-6-5-7-20(26)29/h5-14,32-33H,30H2,1-4H3. The first-order chi connectivity index (χ1) is 18.4. The van der Waals surface area contributed by atoms with E-state index in [0.717, 1.165) is 22.8 Å². The molecule has 9 nitrogen and oxygen atoms in total. The van der Waals surface area contributed by atoms with Gasteiger partial charge >= 0.3 is 0 Å². The molecular formula is C28H26FN5O4S. The fourth-order valence-corrected chi connectivity index (χ4v) is 4.98. The number of aromatic nitrogens is 3. The van der Waals surface area contributed by atoms with Crippen LogP contribution in [0.2, 0.25) is 0 Å². The minimum absolute atomic E-state index is 0.118. The van der Waals surface area contributed by atoms with Crippen LogP contribution < -0.4 is 15.2 Å². The highest BCUT2D eigenvalue weighted by Crippen LogP contribution is 2.33. The van der Waals surface area contributed by atoms with Gasteiger partial charge in [0.15, 0.2) is 11.6 Å². The van der Waals surface area contributed by atoms with E-state index in [0.29, 0.717) is 28.2 Å². The summed E-state index contributed by atoms with van der Waals surface area (Å²) in [6.45, 7) is 5.49. The normalized spacial score (nSPS) is 11.6. The Labute approximate surface area is 224 Å². The third-order valence-electron chi connectivity index (χ3n) is 6.55. The third-order valence-corrected chi connectivity index (χ3v) is 7.14. The number of H-pyrrole nitrogens is 1.